The van der Waals surface area contributed by atoms with Gasteiger partial charge < -0.3 is 5.32 Å². The highest BCUT2D eigenvalue weighted by Gasteiger charge is 2.35. The van der Waals surface area contributed by atoms with Crippen molar-refractivity contribution in [1.29, 1.82) is 0 Å². The number of carbonyl (C=O) groups is 1. The molecule has 9 heteroatoms. The zero-order valence-corrected chi connectivity index (χ0v) is 16.3. The molecule has 1 amide bonds. The van der Waals surface area contributed by atoms with Crippen LogP contribution in [0.1, 0.15) is 41.7 Å². The predicted molar refractivity (Wildman–Crippen MR) is 95.1 cm³/mol. The Bertz CT molecular complexity index is 807. The largest absolute Gasteiger partial charge is 0.433 e. The number of halogens is 3. The number of nitrogens with zero attached hydrogens (tertiary/aromatic N) is 4. The van der Waals surface area contributed by atoms with Crippen LogP contribution in [0.3, 0.4) is 0 Å². The number of aryl methyl sites for hydroxylation is 3. The summed E-state index contributed by atoms with van der Waals surface area (Å²) in [5.74, 6) is -0.312. The van der Waals surface area contributed by atoms with E-state index in [1.807, 2.05) is 20.9 Å². The fourth-order valence-electron chi connectivity index (χ4n) is 3.07. The van der Waals surface area contributed by atoms with Gasteiger partial charge in [-0.15, -0.1) is 0 Å². The van der Waals surface area contributed by atoms with Crippen LogP contribution < -0.4 is 5.32 Å². The van der Waals surface area contributed by atoms with E-state index in [2.05, 4.69) is 15.5 Å². The topological polar surface area (TPSA) is 64.7 Å². The average molecular weight is 385 g/mol. The van der Waals surface area contributed by atoms with Gasteiger partial charge >= 0.3 is 6.18 Å². The number of carbonyl (C=O) groups excluding carboxylic acids is 1. The molecule has 2 rings (SSSR count). The van der Waals surface area contributed by atoms with Crippen LogP contribution in [0.15, 0.2) is 6.07 Å². The first-order chi connectivity index (χ1) is 12.5. The van der Waals surface area contributed by atoms with Gasteiger partial charge in [-0.25, -0.2) is 0 Å². The van der Waals surface area contributed by atoms with Crippen LogP contribution >= 0.6 is 0 Å². The van der Waals surface area contributed by atoms with E-state index in [1.54, 1.807) is 11.6 Å². The average Bonchev–Trinajstić information content (AvgIpc) is 3.03. The molecule has 0 bridgehead atoms. The number of alkyl halides is 3. The van der Waals surface area contributed by atoms with Gasteiger partial charge in [0.15, 0.2) is 0 Å². The van der Waals surface area contributed by atoms with E-state index in [9.17, 15) is 18.0 Å². The third-order valence-electron chi connectivity index (χ3n) is 4.59. The highest BCUT2D eigenvalue weighted by molar-refractivity contribution is 5.76. The van der Waals surface area contributed by atoms with Gasteiger partial charge in [-0.3, -0.25) is 14.2 Å². The van der Waals surface area contributed by atoms with Crippen LogP contribution in [0, 0.1) is 26.7 Å². The van der Waals surface area contributed by atoms with Crippen LogP contribution in [0.5, 0.6) is 0 Å². The molecule has 0 aliphatic rings. The number of rotatable bonds is 7. The summed E-state index contributed by atoms with van der Waals surface area (Å²) in [6.45, 7) is 7.56. The summed E-state index contributed by atoms with van der Waals surface area (Å²) in [7, 11) is 1.86. The Morgan fingerprint density at radius 1 is 1.26 bits per heavy atom. The number of amides is 1. The number of hydrogen-bond donors (Lipinski definition) is 1. The Labute approximate surface area is 156 Å². The van der Waals surface area contributed by atoms with Gasteiger partial charge in [0.25, 0.3) is 0 Å². The fourth-order valence-corrected chi connectivity index (χ4v) is 3.07. The smallest absolute Gasteiger partial charge is 0.356 e. The first kappa shape index (κ1) is 21.0. The lowest BCUT2D eigenvalue weighted by molar-refractivity contribution is -0.144. The second-order valence-corrected chi connectivity index (χ2v) is 7.03. The maximum Gasteiger partial charge on any atom is 0.433 e. The molecule has 2 aromatic heterocycles. The lowest BCUT2D eigenvalue weighted by Gasteiger charge is -2.16. The molecule has 150 valence electrons. The standard InChI is InChI=1S/C18H26F3N5O/c1-11(10-26-16(18(19,20)21)8-12(2)23-26)9-22-17(27)7-6-15-13(3)24-25(5)14(15)4/h8,11H,6-7,9-10H2,1-5H3,(H,22,27). The summed E-state index contributed by atoms with van der Waals surface area (Å²) >= 11 is 0. The van der Waals surface area contributed by atoms with Gasteiger partial charge in [-0.05, 0) is 44.7 Å². The molecule has 0 radical (unpaired) electrons. The number of nitrogens with one attached hydrogen (secondary N) is 1. The van der Waals surface area contributed by atoms with E-state index in [0.29, 0.717) is 25.1 Å². The molecule has 0 saturated carbocycles. The Hall–Kier alpha value is -2.32. The zero-order chi connectivity index (χ0) is 20.4. The van der Waals surface area contributed by atoms with Crippen molar-refractivity contribution in [2.24, 2.45) is 13.0 Å². The molecule has 27 heavy (non-hydrogen) atoms. The molecule has 0 aliphatic carbocycles. The van der Waals surface area contributed by atoms with Crippen molar-refractivity contribution in [2.45, 2.75) is 53.3 Å². The SMILES string of the molecule is Cc1cc(C(F)(F)F)n(CC(C)CNC(=O)CCc2c(C)nn(C)c2C)n1. The maximum absolute atomic E-state index is 13.0. The van der Waals surface area contributed by atoms with E-state index in [-0.39, 0.29) is 18.4 Å². The van der Waals surface area contributed by atoms with E-state index in [4.69, 9.17) is 0 Å². The molecule has 2 aromatic rings. The van der Waals surface area contributed by atoms with Crippen molar-refractivity contribution in [2.75, 3.05) is 6.54 Å². The van der Waals surface area contributed by atoms with Gasteiger partial charge in [0, 0.05) is 32.3 Å². The zero-order valence-electron chi connectivity index (χ0n) is 16.3. The highest BCUT2D eigenvalue weighted by Crippen LogP contribution is 2.30. The lowest BCUT2D eigenvalue weighted by Crippen LogP contribution is -2.31. The third kappa shape index (κ3) is 5.33. The maximum atomic E-state index is 13.0. The molecule has 0 spiro atoms. The van der Waals surface area contributed by atoms with Gasteiger partial charge in [0.05, 0.1) is 11.4 Å². The highest BCUT2D eigenvalue weighted by atomic mass is 19.4. The molecule has 0 saturated heterocycles. The third-order valence-corrected chi connectivity index (χ3v) is 4.59. The Morgan fingerprint density at radius 2 is 1.93 bits per heavy atom. The normalized spacial score (nSPS) is 13.0. The van der Waals surface area contributed by atoms with Crippen molar-refractivity contribution in [1.82, 2.24) is 24.9 Å². The summed E-state index contributed by atoms with van der Waals surface area (Å²) in [5.41, 5.74) is 2.55. The van der Waals surface area contributed by atoms with E-state index >= 15 is 0 Å². The minimum absolute atomic E-state index is 0.0871. The van der Waals surface area contributed by atoms with Gasteiger partial charge in [-0.2, -0.15) is 23.4 Å². The van der Waals surface area contributed by atoms with Crippen molar-refractivity contribution < 1.29 is 18.0 Å². The molecule has 1 N–H and O–H groups in total. The molecule has 0 aromatic carbocycles. The first-order valence-electron chi connectivity index (χ1n) is 8.86. The molecular formula is C18H26F3N5O. The fraction of sp³-hybridized carbons (Fsp3) is 0.611. The molecule has 2 heterocycles. The van der Waals surface area contributed by atoms with Crippen LogP contribution in [0.4, 0.5) is 13.2 Å². The van der Waals surface area contributed by atoms with E-state index in [1.165, 1.54) is 6.92 Å². The minimum atomic E-state index is -4.44. The lowest BCUT2D eigenvalue weighted by atomic mass is 10.1. The Kier molecular flexibility index (Phi) is 6.33. The summed E-state index contributed by atoms with van der Waals surface area (Å²) in [4.78, 5) is 12.1. The quantitative estimate of drug-likeness (QED) is 0.797. The van der Waals surface area contributed by atoms with Gasteiger partial charge in [0.1, 0.15) is 5.69 Å². The van der Waals surface area contributed by atoms with Crippen molar-refractivity contribution >= 4 is 5.91 Å². The summed E-state index contributed by atoms with van der Waals surface area (Å²) in [6.07, 6.45) is -3.54. The van der Waals surface area contributed by atoms with E-state index < -0.39 is 11.9 Å². The van der Waals surface area contributed by atoms with Gasteiger partial charge in [-0.1, -0.05) is 6.92 Å². The summed E-state index contributed by atoms with van der Waals surface area (Å²) < 4.78 is 41.8. The molecule has 0 aliphatic heterocycles. The summed E-state index contributed by atoms with van der Waals surface area (Å²) in [6, 6.07) is 1.03. The van der Waals surface area contributed by atoms with Crippen LogP contribution in [-0.4, -0.2) is 32.0 Å². The first-order valence-corrected chi connectivity index (χ1v) is 8.86. The summed E-state index contributed by atoms with van der Waals surface area (Å²) in [5, 5.41) is 11.0. The molecule has 0 fully saturated rings. The predicted octanol–water partition coefficient (Wildman–Crippen LogP) is 2.95. The minimum Gasteiger partial charge on any atom is -0.356 e. The Morgan fingerprint density at radius 3 is 2.48 bits per heavy atom. The van der Waals surface area contributed by atoms with Crippen LogP contribution in [0.2, 0.25) is 0 Å². The van der Waals surface area contributed by atoms with Crippen molar-refractivity contribution in [3.8, 4) is 0 Å². The monoisotopic (exact) mass is 385 g/mol. The second-order valence-electron chi connectivity index (χ2n) is 7.03. The van der Waals surface area contributed by atoms with Crippen molar-refractivity contribution in [3.05, 3.63) is 34.4 Å². The molecular weight excluding hydrogens is 359 g/mol. The number of aromatic nitrogens is 4. The van der Waals surface area contributed by atoms with Gasteiger partial charge in [0.2, 0.25) is 5.91 Å². The van der Waals surface area contributed by atoms with Crippen molar-refractivity contribution in [3.63, 3.8) is 0 Å². The number of hydrogen-bond acceptors (Lipinski definition) is 3. The molecule has 1 unspecified atom stereocenters. The van der Waals surface area contributed by atoms with E-state index in [0.717, 1.165) is 27.7 Å². The van der Waals surface area contributed by atoms with Crippen LogP contribution in [0.25, 0.3) is 0 Å². The molecule has 6 nitrogen and oxygen atoms in total. The second kappa shape index (κ2) is 8.14. The molecule has 1 atom stereocenters. The van der Waals surface area contributed by atoms with Crippen LogP contribution in [-0.2, 0) is 31.0 Å². The Balaban J connectivity index is 1.85.